The van der Waals surface area contributed by atoms with Crippen molar-refractivity contribution in [1.82, 2.24) is 9.78 Å². The van der Waals surface area contributed by atoms with E-state index < -0.39 is 35.3 Å². The van der Waals surface area contributed by atoms with Gasteiger partial charge in [0.05, 0.1) is 0 Å². The van der Waals surface area contributed by atoms with E-state index in [1.807, 2.05) is 0 Å². The number of hydrogen-bond donors (Lipinski definition) is 0. The second kappa shape index (κ2) is 2.81. The van der Waals surface area contributed by atoms with Crippen LogP contribution in [0.3, 0.4) is 0 Å². The first-order chi connectivity index (χ1) is 7.78. The van der Waals surface area contributed by atoms with Crippen LogP contribution in [-0.4, -0.2) is 9.78 Å². The van der Waals surface area contributed by atoms with Crippen molar-refractivity contribution in [3.8, 4) is 0 Å². The summed E-state index contributed by atoms with van der Waals surface area (Å²) >= 11 is 0. The molecule has 1 unspecified atom stereocenters. The number of hydrogen-bond acceptors (Lipinski definition) is 1. The Balaban J connectivity index is 2.24. The van der Waals surface area contributed by atoms with Crippen LogP contribution in [0.15, 0.2) is 0 Å². The maximum atomic E-state index is 13.8. The van der Waals surface area contributed by atoms with Crippen LogP contribution in [0.2, 0.25) is 0 Å². The summed E-state index contributed by atoms with van der Waals surface area (Å²) in [6.07, 6.45) is -4.52. The van der Waals surface area contributed by atoms with E-state index in [2.05, 4.69) is 5.10 Å². The SMILES string of the molecule is CCn1nc(C(F)(F)F)c2c1C(F)(F)[C@H]1CC21. The van der Waals surface area contributed by atoms with Gasteiger partial charge in [-0.05, 0) is 19.3 Å². The van der Waals surface area contributed by atoms with E-state index in [9.17, 15) is 22.0 Å². The van der Waals surface area contributed by atoms with Crippen molar-refractivity contribution in [2.45, 2.75) is 37.9 Å². The van der Waals surface area contributed by atoms with Crippen LogP contribution < -0.4 is 0 Å². The molecule has 7 heteroatoms. The molecular weight excluding hydrogens is 243 g/mol. The Hall–Kier alpha value is -1.14. The van der Waals surface area contributed by atoms with Gasteiger partial charge in [0.15, 0.2) is 5.69 Å². The highest BCUT2D eigenvalue weighted by Gasteiger charge is 2.68. The molecule has 2 aliphatic carbocycles. The van der Waals surface area contributed by atoms with Crippen LogP contribution in [0, 0.1) is 5.92 Å². The fraction of sp³-hybridized carbons (Fsp3) is 0.700. The van der Waals surface area contributed by atoms with E-state index in [0.717, 1.165) is 4.68 Å². The lowest BCUT2D eigenvalue weighted by Crippen LogP contribution is -2.19. The third-order valence-electron chi connectivity index (χ3n) is 3.50. The topological polar surface area (TPSA) is 17.8 Å². The zero-order valence-electron chi connectivity index (χ0n) is 8.85. The van der Waals surface area contributed by atoms with Crippen LogP contribution >= 0.6 is 0 Å². The first-order valence-corrected chi connectivity index (χ1v) is 5.34. The number of halogens is 5. The second-order valence-electron chi connectivity index (χ2n) is 4.50. The largest absolute Gasteiger partial charge is 0.435 e. The van der Waals surface area contributed by atoms with Crippen molar-refractivity contribution in [3.05, 3.63) is 17.0 Å². The number of nitrogens with zero attached hydrogens (tertiary/aromatic N) is 2. The summed E-state index contributed by atoms with van der Waals surface area (Å²) in [5.41, 5.74) is -1.91. The minimum atomic E-state index is -4.65. The molecule has 1 heterocycles. The molecule has 0 spiro atoms. The molecule has 0 aliphatic heterocycles. The normalized spacial score (nSPS) is 29.1. The predicted molar refractivity (Wildman–Crippen MR) is 47.6 cm³/mol. The zero-order valence-corrected chi connectivity index (χ0v) is 8.85. The summed E-state index contributed by atoms with van der Waals surface area (Å²) in [6, 6.07) is 0. The first-order valence-electron chi connectivity index (χ1n) is 5.34. The molecule has 2 atom stereocenters. The van der Waals surface area contributed by atoms with Gasteiger partial charge in [-0.15, -0.1) is 0 Å². The number of alkyl halides is 5. The van der Waals surface area contributed by atoms with Crippen LogP contribution in [0.25, 0.3) is 0 Å². The molecule has 0 radical (unpaired) electrons. The molecule has 2 nitrogen and oxygen atoms in total. The lowest BCUT2D eigenvalue weighted by molar-refractivity contribution is -0.142. The van der Waals surface area contributed by atoms with Crippen molar-refractivity contribution < 1.29 is 22.0 Å². The standard InChI is InChI=1S/C10H9F5N2/c1-2-17-8-6(7(16-17)10(13,14)15)4-3-5(4)9(8,11)12/h4-5H,2-3H2,1H3/t4?,5-/m0/s1. The van der Waals surface area contributed by atoms with Gasteiger partial charge in [-0.2, -0.15) is 27.1 Å². The summed E-state index contributed by atoms with van der Waals surface area (Å²) in [6.45, 7) is 1.53. The molecule has 0 aromatic carbocycles. The molecule has 94 valence electrons. The molecule has 0 bridgehead atoms. The number of fused-ring (bicyclic) bond motifs is 3. The quantitative estimate of drug-likeness (QED) is 0.702. The Morgan fingerprint density at radius 2 is 2.06 bits per heavy atom. The maximum absolute atomic E-state index is 13.8. The van der Waals surface area contributed by atoms with Gasteiger partial charge in [0.2, 0.25) is 0 Å². The summed E-state index contributed by atoms with van der Waals surface area (Å²) in [7, 11) is 0. The van der Waals surface area contributed by atoms with Gasteiger partial charge in [-0.25, -0.2) is 0 Å². The number of aromatic nitrogens is 2. The second-order valence-corrected chi connectivity index (χ2v) is 4.50. The van der Waals surface area contributed by atoms with Crippen molar-refractivity contribution >= 4 is 0 Å². The van der Waals surface area contributed by atoms with Gasteiger partial charge in [0.25, 0.3) is 5.92 Å². The van der Waals surface area contributed by atoms with Crippen molar-refractivity contribution in [2.24, 2.45) is 5.92 Å². The zero-order chi connectivity index (χ0) is 12.6. The third-order valence-corrected chi connectivity index (χ3v) is 3.50. The molecule has 3 rings (SSSR count). The minimum absolute atomic E-state index is 0.0213. The molecule has 0 saturated heterocycles. The van der Waals surface area contributed by atoms with E-state index in [0.29, 0.717) is 0 Å². The van der Waals surface area contributed by atoms with Gasteiger partial charge in [0, 0.05) is 18.0 Å². The maximum Gasteiger partial charge on any atom is 0.435 e. The highest BCUT2D eigenvalue weighted by Crippen LogP contribution is 2.68. The van der Waals surface area contributed by atoms with Gasteiger partial charge in [-0.3, -0.25) is 4.68 Å². The Morgan fingerprint density at radius 3 is 2.59 bits per heavy atom. The van der Waals surface area contributed by atoms with Gasteiger partial charge in [-0.1, -0.05) is 0 Å². The summed E-state index contributed by atoms with van der Waals surface area (Å²) < 4.78 is 66.5. The summed E-state index contributed by atoms with van der Waals surface area (Å²) in [4.78, 5) is 0. The Kier molecular flexibility index (Phi) is 1.82. The van der Waals surface area contributed by atoms with E-state index in [4.69, 9.17) is 0 Å². The van der Waals surface area contributed by atoms with Crippen molar-refractivity contribution in [2.75, 3.05) is 0 Å². The molecule has 2 aliphatic rings. The lowest BCUT2D eigenvalue weighted by Gasteiger charge is -2.14. The average Bonchev–Trinajstić information content (AvgIpc) is 2.83. The molecule has 0 amide bonds. The van der Waals surface area contributed by atoms with Gasteiger partial charge < -0.3 is 0 Å². The molecule has 1 aromatic heterocycles. The van der Waals surface area contributed by atoms with E-state index >= 15 is 0 Å². The van der Waals surface area contributed by atoms with Gasteiger partial charge in [0.1, 0.15) is 5.69 Å². The van der Waals surface area contributed by atoms with Crippen molar-refractivity contribution in [3.63, 3.8) is 0 Å². The average molecular weight is 252 g/mol. The van der Waals surface area contributed by atoms with Crippen LogP contribution in [0.1, 0.15) is 36.2 Å². The predicted octanol–water partition coefficient (Wildman–Crippen LogP) is 3.13. The van der Waals surface area contributed by atoms with Crippen LogP contribution in [0.5, 0.6) is 0 Å². The monoisotopic (exact) mass is 252 g/mol. The Morgan fingerprint density at radius 1 is 1.41 bits per heavy atom. The van der Waals surface area contributed by atoms with Crippen LogP contribution in [-0.2, 0) is 18.6 Å². The Labute approximate surface area is 93.4 Å². The van der Waals surface area contributed by atoms with E-state index in [1.54, 1.807) is 0 Å². The number of aryl methyl sites for hydroxylation is 1. The highest BCUT2D eigenvalue weighted by molar-refractivity contribution is 5.46. The molecule has 1 fully saturated rings. The van der Waals surface area contributed by atoms with Crippen molar-refractivity contribution in [1.29, 1.82) is 0 Å². The van der Waals surface area contributed by atoms with E-state index in [1.165, 1.54) is 6.92 Å². The smallest absolute Gasteiger partial charge is 0.263 e. The molecular formula is C10H9F5N2. The van der Waals surface area contributed by atoms with E-state index in [-0.39, 0.29) is 18.5 Å². The highest BCUT2D eigenvalue weighted by atomic mass is 19.4. The molecule has 17 heavy (non-hydrogen) atoms. The third kappa shape index (κ3) is 1.22. The summed E-state index contributed by atoms with van der Waals surface area (Å²) in [5.74, 6) is -4.77. The first kappa shape index (κ1) is 11.0. The van der Waals surface area contributed by atoms with Gasteiger partial charge >= 0.3 is 6.18 Å². The fourth-order valence-electron chi connectivity index (χ4n) is 2.71. The minimum Gasteiger partial charge on any atom is -0.263 e. The molecule has 1 saturated carbocycles. The fourth-order valence-corrected chi connectivity index (χ4v) is 2.71. The Bertz CT molecular complexity index is 488. The lowest BCUT2D eigenvalue weighted by atomic mass is 10.1. The summed E-state index contributed by atoms with van der Waals surface area (Å²) in [5, 5.41) is 3.31. The molecule has 1 aromatic rings. The number of rotatable bonds is 1. The molecule has 0 N–H and O–H groups in total. The van der Waals surface area contributed by atoms with Crippen LogP contribution in [0.4, 0.5) is 22.0 Å².